The standard InChI is InChI=1S/C10H10N2O3/c11-12-10(15)8-4-1-7(2-5-8)3-6-9(13)14/h1-6H,11H2,(H,12,15)(H,13,14)/b6-3+. The van der Waals surface area contributed by atoms with Gasteiger partial charge in [0.2, 0.25) is 0 Å². The fourth-order valence-corrected chi connectivity index (χ4v) is 0.996. The Morgan fingerprint density at radius 3 is 2.33 bits per heavy atom. The molecule has 1 rings (SSSR count). The molecule has 0 aliphatic rings. The number of carbonyl (C=O) groups is 2. The van der Waals surface area contributed by atoms with E-state index in [-0.39, 0.29) is 5.91 Å². The van der Waals surface area contributed by atoms with Crippen LogP contribution >= 0.6 is 0 Å². The normalized spacial score (nSPS) is 10.2. The van der Waals surface area contributed by atoms with Crippen LogP contribution < -0.4 is 11.3 Å². The highest BCUT2D eigenvalue weighted by Crippen LogP contribution is 2.05. The molecule has 1 aromatic rings. The Hall–Kier alpha value is -2.14. The van der Waals surface area contributed by atoms with Gasteiger partial charge in [-0.2, -0.15) is 0 Å². The minimum Gasteiger partial charge on any atom is -0.478 e. The first kappa shape index (κ1) is 10.9. The predicted octanol–water partition coefficient (Wildman–Crippen LogP) is 0.388. The molecule has 5 heteroatoms. The number of carboxylic acid groups (broad SMARTS) is 1. The van der Waals surface area contributed by atoms with Crippen molar-refractivity contribution in [3.8, 4) is 0 Å². The van der Waals surface area contributed by atoms with E-state index in [1.165, 1.54) is 6.08 Å². The van der Waals surface area contributed by atoms with Crippen molar-refractivity contribution in [2.24, 2.45) is 5.84 Å². The molecule has 4 N–H and O–H groups in total. The molecule has 1 aromatic carbocycles. The number of hydrogen-bond acceptors (Lipinski definition) is 3. The zero-order valence-electron chi connectivity index (χ0n) is 7.81. The van der Waals surface area contributed by atoms with E-state index >= 15 is 0 Å². The van der Waals surface area contributed by atoms with Crippen LogP contribution in [-0.4, -0.2) is 17.0 Å². The van der Waals surface area contributed by atoms with E-state index in [4.69, 9.17) is 10.9 Å². The Balaban J connectivity index is 2.81. The van der Waals surface area contributed by atoms with Crippen LogP contribution in [0, 0.1) is 0 Å². The third kappa shape index (κ3) is 3.24. The maximum atomic E-state index is 11.0. The second-order valence-electron chi connectivity index (χ2n) is 2.77. The monoisotopic (exact) mass is 206 g/mol. The van der Waals surface area contributed by atoms with Gasteiger partial charge in [0.15, 0.2) is 0 Å². The van der Waals surface area contributed by atoms with E-state index in [0.717, 1.165) is 6.08 Å². The molecule has 0 heterocycles. The second-order valence-corrected chi connectivity index (χ2v) is 2.77. The summed E-state index contributed by atoms with van der Waals surface area (Å²) in [5.41, 5.74) is 3.12. The molecule has 15 heavy (non-hydrogen) atoms. The number of aliphatic carboxylic acids is 1. The smallest absolute Gasteiger partial charge is 0.328 e. The van der Waals surface area contributed by atoms with Crippen molar-refractivity contribution >= 4 is 18.0 Å². The minimum absolute atomic E-state index is 0.385. The molecule has 0 saturated carbocycles. The first-order chi connectivity index (χ1) is 7.13. The Morgan fingerprint density at radius 2 is 1.87 bits per heavy atom. The molecule has 5 nitrogen and oxygen atoms in total. The summed E-state index contributed by atoms with van der Waals surface area (Å²) in [5.74, 6) is 3.55. The van der Waals surface area contributed by atoms with Gasteiger partial charge in [0.25, 0.3) is 5.91 Å². The molecule has 0 bridgehead atoms. The van der Waals surface area contributed by atoms with Crippen LogP contribution in [0.5, 0.6) is 0 Å². The van der Waals surface area contributed by atoms with Gasteiger partial charge < -0.3 is 5.11 Å². The summed E-state index contributed by atoms with van der Waals surface area (Å²) in [4.78, 5) is 21.3. The molecule has 78 valence electrons. The number of nitrogens with two attached hydrogens (primary N) is 1. The molecule has 0 aliphatic heterocycles. The Bertz CT molecular complexity index is 396. The molecule has 0 spiro atoms. The molecule has 0 aliphatic carbocycles. The van der Waals surface area contributed by atoms with Crippen molar-refractivity contribution in [3.63, 3.8) is 0 Å². The maximum absolute atomic E-state index is 11.0. The van der Waals surface area contributed by atoms with Gasteiger partial charge in [0.1, 0.15) is 0 Å². The zero-order valence-corrected chi connectivity index (χ0v) is 7.81. The van der Waals surface area contributed by atoms with Crippen LogP contribution in [0.2, 0.25) is 0 Å². The Kier molecular flexibility index (Phi) is 3.59. The summed E-state index contributed by atoms with van der Waals surface area (Å²) >= 11 is 0. The molecule has 0 unspecified atom stereocenters. The minimum atomic E-state index is -1.02. The molecular weight excluding hydrogens is 196 g/mol. The molecule has 0 aromatic heterocycles. The average molecular weight is 206 g/mol. The summed E-state index contributed by atoms with van der Waals surface area (Å²) in [7, 11) is 0. The van der Waals surface area contributed by atoms with Gasteiger partial charge in [-0.3, -0.25) is 10.2 Å². The van der Waals surface area contributed by atoms with Crippen molar-refractivity contribution < 1.29 is 14.7 Å². The van der Waals surface area contributed by atoms with Crippen molar-refractivity contribution in [2.45, 2.75) is 0 Å². The summed E-state index contributed by atoms with van der Waals surface area (Å²) in [6, 6.07) is 6.38. The highest BCUT2D eigenvalue weighted by atomic mass is 16.4. The quantitative estimate of drug-likeness (QED) is 0.288. The molecule has 0 atom stereocenters. The van der Waals surface area contributed by atoms with Gasteiger partial charge in [-0.1, -0.05) is 12.1 Å². The lowest BCUT2D eigenvalue weighted by molar-refractivity contribution is -0.131. The van der Waals surface area contributed by atoms with Gasteiger partial charge in [0, 0.05) is 11.6 Å². The molecule has 0 radical (unpaired) electrons. The lowest BCUT2D eigenvalue weighted by Crippen LogP contribution is -2.29. The van der Waals surface area contributed by atoms with Crippen molar-refractivity contribution in [1.82, 2.24) is 5.43 Å². The van der Waals surface area contributed by atoms with Gasteiger partial charge in [0.05, 0.1) is 0 Å². The molecular formula is C10H10N2O3. The van der Waals surface area contributed by atoms with E-state index in [0.29, 0.717) is 11.1 Å². The van der Waals surface area contributed by atoms with E-state index in [9.17, 15) is 9.59 Å². The van der Waals surface area contributed by atoms with Crippen molar-refractivity contribution in [1.29, 1.82) is 0 Å². The average Bonchev–Trinajstić information content (AvgIpc) is 2.26. The van der Waals surface area contributed by atoms with Crippen LogP contribution in [-0.2, 0) is 4.79 Å². The lowest BCUT2D eigenvalue weighted by atomic mass is 10.1. The first-order valence-electron chi connectivity index (χ1n) is 4.15. The summed E-state index contributed by atoms with van der Waals surface area (Å²) < 4.78 is 0. The number of carboxylic acids is 1. The summed E-state index contributed by atoms with van der Waals surface area (Å²) in [5, 5.41) is 8.39. The fraction of sp³-hybridized carbons (Fsp3) is 0. The molecule has 0 fully saturated rings. The number of carbonyl (C=O) groups excluding carboxylic acids is 1. The van der Waals surface area contributed by atoms with E-state index in [1.807, 2.05) is 5.43 Å². The topological polar surface area (TPSA) is 92.4 Å². The fourth-order valence-electron chi connectivity index (χ4n) is 0.996. The number of benzene rings is 1. The highest BCUT2D eigenvalue weighted by Gasteiger charge is 2.01. The second kappa shape index (κ2) is 4.92. The van der Waals surface area contributed by atoms with Gasteiger partial charge >= 0.3 is 5.97 Å². The number of rotatable bonds is 3. The van der Waals surface area contributed by atoms with Crippen molar-refractivity contribution in [3.05, 3.63) is 41.5 Å². The van der Waals surface area contributed by atoms with Gasteiger partial charge in [-0.15, -0.1) is 0 Å². The number of nitrogens with one attached hydrogen (secondary N) is 1. The number of nitrogen functional groups attached to an aromatic ring is 1. The highest BCUT2D eigenvalue weighted by molar-refractivity contribution is 5.94. The molecule has 1 amide bonds. The van der Waals surface area contributed by atoms with Crippen LogP contribution in [0.25, 0.3) is 6.08 Å². The van der Waals surface area contributed by atoms with Crippen molar-refractivity contribution in [2.75, 3.05) is 0 Å². The largest absolute Gasteiger partial charge is 0.478 e. The lowest BCUT2D eigenvalue weighted by Gasteiger charge is -1.99. The molecule has 0 saturated heterocycles. The number of hydrogen-bond donors (Lipinski definition) is 3. The van der Waals surface area contributed by atoms with Crippen LogP contribution in [0.15, 0.2) is 30.3 Å². The van der Waals surface area contributed by atoms with E-state index < -0.39 is 5.97 Å². The van der Waals surface area contributed by atoms with Crippen LogP contribution in [0.1, 0.15) is 15.9 Å². The van der Waals surface area contributed by atoms with Gasteiger partial charge in [-0.25, -0.2) is 10.6 Å². The SMILES string of the molecule is NNC(=O)c1ccc(/C=C/C(=O)O)cc1. The van der Waals surface area contributed by atoms with Crippen LogP contribution in [0.3, 0.4) is 0 Å². The Morgan fingerprint density at radius 1 is 1.27 bits per heavy atom. The van der Waals surface area contributed by atoms with E-state index in [1.54, 1.807) is 24.3 Å². The van der Waals surface area contributed by atoms with E-state index in [2.05, 4.69) is 0 Å². The zero-order chi connectivity index (χ0) is 11.3. The summed E-state index contributed by atoms with van der Waals surface area (Å²) in [6.07, 6.45) is 2.46. The van der Waals surface area contributed by atoms with Gasteiger partial charge in [-0.05, 0) is 23.8 Å². The number of hydrazine groups is 1. The van der Waals surface area contributed by atoms with Crippen LogP contribution in [0.4, 0.5) is 0 Å². The third-order valence-electron chi connectivity index (χ3n) is 1.72. The summed E-state index contributed by atoms with van der Waals surface area (Å²) in [6.45, 7) is 0. The predicted molar refractivity (Wildman–Crippen MR) is 54.8 cm³/mol. The number of amides is 1. The third-order valence-corrected chi connectivity index (χ3v) is 1.72. The maximum Gasteiger partial charge on any atom is 0.328 e. The Labute approximate surface area is 86.2 Å². The first-order valence-corrected chi connectivity index (χ1v) is 4.15.